The number of methoxy groups -OCH3 is 1. The average molecular weight is 446 g/mol. The van der Waals surface area contributed by atoms with Crippen molar-refractivity contribution in [3.8, 4) is 9.88 Å². The Morgan fingerprint density at radius 3 is 2.93 bits per heavy atom. The first kappa shape index (κ1) is 20.2. The fourth-order valence-corrected chi connectivity index (χ4v) is 5.17. The van der Waals surface area contributed by atoms with Crippen molar-refractivity contribution < 1.29 is 4.74 Å². The van der Waals surface area contributed by atoms with Gasteiger partial charge in [-0.15, -0.1) is 11.3 Å². The van der Waals surface area contributed by atoms with Gasteiger partial charge in [0.2, 0.25) is 0 Å². The lowest BCUT2D eigenvalue weighted by molar-refractivity contribution is 0.182. The quantitative estimate of drug-likeness (QED) is 0.391. The Morgan fingerprint density at radius 2 is 2.14 bits per heavy atom. The summed E-state index contributed by atoms with van der Waals surface area (Å²) in [6, 6.07) is 9.51. The van der Waals surface area contributed by atoms with Gasteiger partial charge in [0, 0.05) is 37.1 Å². The highest BCUT2D eigenvalue weighted by Gasteiger charge is 2.17. The number of hydrogen-bond donors (Lipinski definition) is 2. The van der Waals surface area contributed by atoms with Gasteiger partial charge in [-0.05, 0) is 30.2 Å². The number of nitrogens with zero attached hydrogens (tertiary/aromatic N) is 3. The maximum atomic E-state index is 6.30. The summed E-state index contributed by atoms with van der Waals surface area (Å²) >= 11 is 9.25. The van der Waals surface area contributed by atoms with E-state index in [9.17, 15) is 0 Å². The van der Waals surface area contributed by atoms with Gasteiger partial charge in [-0.25, -0.2) is 9.97 Å². The smallest absolute Gasteiger partial charge is 0.183 e. The molecule has 1 atom stereocenters. The number of fused-ring (bicyclic) bond motifs is 1. The number of anilines is 1. The zero-order valence-corrected chi connectivity index (χ0v) is 18.2. The van der Waals surface area contributed by atoms with Gasteiger partial charge in [0.25, 0.3) is 0 Å². The van der Waals surface area contributed by atoms with Gasteiger partial charge in [-0.2, -0.15) is 0 Å². The summed E-state index contributed by atoms with van der Waals surface area (Å²) in [6.07, 6.45) is 4.36. The zero-order valence-electron chi connectivity index (χ0n) is 15.8. The number of aromatic nitrogens is 3. The third-order valence-corrected chi connectivity index (χ3v) is 6.82. The van der Waals surface area contributed by atoms with Gasteiger partial charge in [0.1, 0.15) is 5.01 Å². The third-order valence-electron chi connectivity index (χ3n) is 4.37. The lowest BCUT2D eigenvalue weighted by Crippen LogP contribution is -2.15. The first-order valence-corrected chi connectivity index (χ1v) is 11.1. The van der Waals surface area contributed by atoms with Gasteiger partial charge in [-0.3, -0.25) is 4.98 Å². The minimum absolute atomic E-state index is 0.0872. The van der Waals surface area contributed by atoms with Gasteiger partial charge >= 0.3 is 0 Å². The second-order valence-corrected chi connectivity index (χ2v) is 8.93. The molecule has 0 amide bonds. The number of hydrogen-bond acceptors (Lipinski definition) is 8. The second-order valence-electron chi connectivity index (χ2n) is 6.47. The minimum Gasteiger partial charge on any atom is -0.378 e. The van der Waals surface area contributed by atoms with Crippen LogP contribution in [0.5, 0.6) is 0 Å². The summed E-state index contributed by atoms with van der Waals surface area (Å²) in [4.78, 5) is 14.6. The monoisotopic (exact) mass is 445 g/mol. The fraction of sp³-hybridized carbons (Fsp3) is 0.250. The molecule has 150 valence electrons. The molecule has 0 radical (unpaired) electrons. The summed E-state index contributed by atoms with van der Waals surface area (Å²) in [5, 5.41) is 5.85. The molecule has 0 aliphatic heterocycles. The Bertz CT molecular complexity index is 1080. The van der Waals surface area contributed by atoms with Crippen LogP contribution in [-0.4, -0.2) is 28.6 Å². The van der Waals surface area contributed by atoms with Crippen LogP contribution in [0.25, 0.3) is 20.1 Å². The molecule has 0 saturated heterocycles. The molecule has 0 bridgehead atoms. The van der Waals surface area contributed by atoms with Crippen molar-refractivity contribution in [2.75, 3.05) is 19.0 Å². The summed E-state index contributed by atoms with van der Waals surface area (Å²) in [7, 11) is 1.67. The highest BCUT2D eigenvalue weighted by Crippen LogP contribution is 2.38. The van der Waals surface area contributed by atoms with Crippen LogP contribution >= 0.6 is 34.3 Å². The lowest BCUT2D eigenvalue weighted by atomic mass is 10.1. The van der Waals surface area contributed by atoms with Crippen LogP contribution in [0.15, 0.2) is 42.7 Å². The van der Waals surface area contributed by atoms with Crippen molar-refractivity contribution in [3.05, 3.63) is 59.0 Å². The molecule has 3 N–H and O–H groups in total. The van der Waals surface area contributed by atoms with Crippen LogP contribution in [0.2, 0.25) is 5.02 Å². The number of rotatable bonds is 8. The van der Waals surface area contributed by atoms with Gasteiger partial charge in [-0.1, -0.05) is 35.1 Å². The molecule has 4 rings (SSSR count). The molecular formula is C20H20ClN5OS2. The highest BCUT2D eigenvalue weighted by atomic mass is 35.5. The molecule has 1 aromatic carbocycles. The maximum absolute atomic E-state index is 6.30. The molecule has 0 aliphatic rings. The largest absolute Gasteiger partial charge is 0.378 e. The zero-order chi connectivity index (χ0) is 20.2. The standard InChI is InChI=1S/C20H20ClN5OS2/c1-27-11-16-18(19-25-15-6-7-23-10-17(15)28-19)29-20(26-16)24-8-5-14(22)12-3-2-4-13(21)9-12/h2-4,6-7,9-10,14H,5,8,11,22H2,1H3,(H,24,26). The number of nitrogens with one attached hydrogen (secondary N) is 1. The molecule has 0 spiro atoms. The van der Waals surface area contributed by atoms with E-state index < -0.39 is 0 Å². The fourth-order valence-electron chi connectivity index (χ4n) is 2.94. The molecule has 4 aromatic rings. The number of thiazole rings is 2. The minimum atomic E-state index is -0.0872. The predicted octanol–water partition coefficient (Wildman–Crippen LogP) is 5.12. The second kappa shape index (κ2) is 9.15. The van der Waals surface area contributed by atoms with Crippen LogP contribution in [0.1, 0.15) is 23.7 Å². The van der Waals surface area contributed by atoms with E-state index in [0.29, 0.717) is 18.2 Å². The summed E-state index contributed by atoms with van der Waals surface area (Å²) in [5.74, 6) is 0. The number of pyridine rings is 1. The number of nitrogens with two attached hydrogens (primary N) is 1. The summed E-state index contributed by atoms with van der Waals surface area (Å²) in [5.41, 5.74) is 9.15. The first-order chi connectivity index (χ1) is 14.1. The first-order valence-electron chi connectivity index (χ1n) is 9.08. The van der Waals surface area contributed by atoms with E-state index in [-0.39, 0.29) is 6.04 Å². The average Bonchev–Trinajstić information content (AvgIpc) is 3.32. The van der Waals surface area contributed by atoms with Crippen molar-refractivity contribution >= 4 is 49.6 Å². The predicted molar refractivity (Wildman–Crippen MR) is 121 cm³/mol. The van der Waals surface area contributed by atoms with Crippen molar-refractivity contribution in [1.29, 1.82) is 0 Å². The van der Waals surface area contributed by atoms with Crippen molar-refractivity contribution in [2.45, 2.75) is 19.1 Å². The van der Waals surface area contributed by atoms with Crippen LogP contribution in [0.3, 0.4) is 0 Å². The van der Waals surface area contributed by atoms with E-state index in [1.54, 1.807) is 36.0 Å². The van der Waals surface area contributed by atoms with E-state index >= 15 is 0 Å². The molecule has 29 heavy (non-hydrogen) atoms. The van der Waals surface area contributed by atoms with Gasteiger partial charge in [0.15, 0.2) is 5.13 Å². The van der Waals surface area contributed by atoms with E-state index in [0.717, 1.165) is 42.9 Å². The van der Waals surface area contributed by atoms with Crippen LogP contribution < -0.4 is 11.1 Å². The van der Waals surface area contributed by atoms with Crippen LogP contribution in [-0.2, 0) is 11.3 Å². The molecule has 6 nitrogen and oxygen atoms in total. The van der Waals surface area contributed by atoms with Crippen molar-refractivity contribution in [3.63, 3.8) is 0 Å². The Morgan fingerprint density at radius 1 is 1.24 bits per heavy atom. The molecule has 3 heterocycles. The Labute approximate surface area is 181 Å². The van der Waals surface area contributed by atoms with E-state index in [2.05, 4.69) is 10.3 Å². The van der Waals surface area contributed by atoms with E-state index in [1.807, 2.05) is 36.5 Å². The Kier molecular flexibility index (Phi) is 6.37. The molecule has 1 unspecified atom stereocenters. The normalized spacial score (nSPS) is 12.4. The molecule has 3 aromatic heterocycles. The third kappa shape index (κ3) is 4.73. The number of benzene rings is 1. The lowest BCUT2D eigenvalue weighted by Gasteiger charge is -2.12. The van der Waals surface area contributed by atoms with Crippen molar-refractivity contribution in [1.82, 2.24) is 15.0 Å². The van der Waals surface area contributed by atoms with Gasteiger partial charge in [0.05, 0.1) is 27.4 Å². The van der Waals surface area contributed by atoms with Gasteiger partial charge < -0.3 is 15.8 Å². The summed E-state index contributed by atoms with van der Waals surface area (Å²) < 4.78 is 6.39. The molecular weight excluding hydrogens is 426 g/mol. The molecule has 9 heteroatoms. The van der Waals surface area contributed by atoms with Crippen LogP contribution in [0.4, 0.5) is 5.13 Å². The van der Waals surface area contributed by atoms with E-state index in [1.165, 1.54) is 0 Å². The maximum Gasteiger partial charge on any atom is 0.183 e. The summed E-state index contributed by atoms with van der Waals surface area (Å²) in [6.45, 7) is 1.14. The molecule has 0 fully saturated rings. The highest BCUT2D eigenvalue weighted by molar-refractivity contribution is 7.26. The SMILES string of the molecule is COCc1nc(NCCC(N)c2cccc(Cl)c2)sc1-c1nc2ccncc2s1. The Balaban J connectivity index is 1.47. The molecule has 0 aliphatic carbocycles. The topological polar surface area (TPSA) is 86.0 Å². The molecule has 0 saturated carbocycles. The van der Waals surface area contributed by atoms with Crippen LogP contribution in [0, 0.1) is 0 Å². The van der Waals surface area contributed by atoms with Crippen molar-refractivity contribution in [2.24, 2.45) is 5.73 Å². The number of ether oxygens (including phenoxy) is 1. The Hall–Kier alpha value is -2.10. The number of halogens is 1. The van der Waals surface area contributed by atoms with E-state index in [4.69, 9.17) is 32.0 Å².